The van der Waals surface area contributed by atoms with Crippen LogP contribution in [0.5, 0.6) is 0 Å². The van der Waals surface area contributed by atoms with E-state index in [-0.39, 0.29) is 6.61 Å². The monoisotopic (exact) mass is 234 g/mol. The lowest BCUT2D eigenvalue weighted by molar-refractivity contribution is -0.151. The highest BCUT2D eigenvalue weighted by atomic mass is 32.2. The molecule has 1 aliphatic rings. The van der Waals surface area contributed by atoms with Crippen LogP contribution in [0.4, 0.5) is 0 Å². The predicted octanol–water partition coefficient (Wildman–Crippen LogP) is 1.93. The van der Waals surface area contributed by atoms with Crippen LogP contribution >= 0.6 is 11.8 Å². The second kappa shape index (κ2) is 4.99. The van der Waals surface area contributed by atoms with Crippen molar-refractivity contribution in [3.63, 3.8) is 0 Å². The van der Waals surface area contributed by atoms with E-state index < -0.39 is 11.8 Å². The average Bonchev–Trinajstić information content (AvgIpc) is 2.32. The molecule has 3 nitrogen and oxygen atoms in total. The average molecular weight is 234 g/mol. The molecule has 1 aromatic carbocycles. The number of ether oxygens (including phenoxy) is 1. The van der Waals surface area contributed by atoms with Crippen molar-refractivity contribution in [3.05, 3.63) is 46.9 Å². The van der Waals surface area contributed by atoms with Gasteiger partial charge in [0.25, 0.3) is 5.78 Å². The van der Waals surface area contributed by atoms with Gasteiger partial charge in [-0.3, -0.25) is 4.79 Å². The molecule has 0 aromatic heterocycles. The lowest BCUT2D eigenvalue weighted by atomic mass is 10.2. The van der Waals surface area contributed by atoms with Gasteiger partial charge in [0.15, 0.2) is 0 Å². The summed E-state index contributed by atoms with van der Waals surface area (Å²) in [7, 11) is 0. The highest BCUT2D eigenvalue weighted by Gasteiger charge is 2.24. The van der Waals surface area contributed by atoms with E-state index in [1.54, 1.807) is 6.08 Å². The topological polar surface area (TPSA) is 43.4 Å². The molecule has 2 rings (SSSR count). The smallest absolute Gasteiger partial charge is 0.380 e. The number of carbonyl (C=O) groups excluding carboxylic acids is 2. The Bertz CT molecular complexity index is 437. The maximum absolute atomic E-state index is 11.4. The predicted molar refractivity (Wildman–Crippen MR) is 61.8 cm³/mol. The Balaban J connectivity index is 1.98. The molecule has 0 bridgehead atoms. The molecule has 0 atom stereocenters. The first kappa shape index (κ1) is 11.0. The van der Waals surface area contributed by atoms with E-state index in [0.29, 0.717) is 10.7 Å². The molecule has 0 aliphatic carbocycles. The quantitative estimate of drug-likeness (QED) is 0.592. The zero-order chi connectivity index (χ0) is 11.4. The van der Waals surface area contributed by atoms with Crippen LogP contribution in [0.3, 0.4) is 0 Å². The molecule has 0 amide bonds. The third-order valence-electron chi connectivity index (χ3n) is 2.13. The molecule has 1 aromatic rings. The van der Waals surface area contributed by atoms with Crippen LogP contribution in [0, 0.1) is 0 Å². The van der Waals surface area contributed by atoms with Gasteiger partial charge < -0.3 is 4.74 Å². The Morgan fingerprint density at radius 1 is 1.19 bits per heavy atom. The highest BCUT2D eigenvalue weighted by molar-refractivity contribution is 8.03. The molecule has 0 unspecified atom stereocenters. The van der Waals surface area contributed by atoms with Crippen LogP contribution in [0.25, 0.3) is 0 Å². The van der Waals surface area contributed by atoms with Gasteiger partial charge in [-0.1, -0.05) is 30.3 Å². The van der Waals surface area contributed by atoms with E-state index in [9.17, 15) is 9.59 Å². The van der Waals surface area contributed by atoms with Crippen LogP contribution in [0.2, 0.25) is 0 Å². The summed E-state index contributed by atoms with van der Waals surface area (Å²) < 4.78 is 4.59. The Kier molecular flexibility index (Phi) is 3.41. The van der Waals surface area contributed by atoms with Crippen molar-refractivity contribution in [2.45, 2.75) is 5.75 Å². The number of benzene rings is 1. The molecule has 1 heterocycles. The summed E-state index contributed by atoms with van der Waals surface area (Å²) in [6, 6.07) is 9.80. The van der Waals surface area contributed by atoms with Crippen molar-refractivity contribution in [3.8, 4) is 0 Å². The minimum absolute atomic E-state index is 0.196. The summed E-state index contributed by atoms with van der Waals surface area (Å²) >= 11 is 1.37. The molecule has 1 aliphatic heterocycles. The molecular weight excluding hydrogens is 224 g/mol. The van der Waals surface area contributed by atoms with Crippen LogP contribution in [-0.2, 0) is 20.1 Å². The lowest BCUT2D eigenvalue weighted by Crippen LogP contribution is -2.23. The van der Waals surface area contributed by atoms with E-state index in [1.807, 2.05) is 30.3 Å². The molecule has 16 heavy (non-hydrogen) atoms. The first-order valence-corrected chi connectivity index (χ1v) is 5.84. The number of hydrogen-bond acceptors (Lipinski definition) is 4. The largest absolute Gasteiger partial charge is 0.455 e. The van der Waals surface area contributed by atoms with Crippen molar-refractivity contribution in [1.29, 1.82) is 0 Å². The summed E-state index contributed by atoms with van der Waals surface area (Å²) in [5.41, 5.74) is 1.13. The van der Waals surface area contributed by atoms with Gasteiger partial charge in [-0.05, 0) is 11.6 Å². The molecule has 0 radical (unpaired) electrons. The number of cyclic esters (lactones) is 1. The third kappa shape index (κ3) is 2.52. The summed E-state index contributed by atoms with van der Waals surface area (Å²) in [4.78, 5) is 22.9. The second-order valence-electron chi connectivity index (χ2n) is 3.27. The van der Waals surface area contributed by atoms with E-state index in [2.05, 4.69) is 4.74 Å². The van der Waals surface area contributed by atoms with Gasteiger partial charge in [-0.25, -0.2) is 4.79 Å². The van der Waals surface area contributed by atoms with Gasteiger partial charge in [0.1, 0.15) is 6.61 Å². The Morgan fingerprint density at radius 3 is 2.69 bits per heavy atom. The van der Waals surface area contributed by atoms with Crippen molar-refractivity contribution in [1.82, 2.24) is 0 Å². The minimum atomic E-state index is -0.752. The van der Waals surface area contributed by atoms with Crippen molar-refractivity contribution in [2.75, 3.05) is 6.61 Å². The van der Waals surface area contributed by atoms with Gasteiger partial charge in [-0.15, -0.1) is 11.8 Å². The van der Waals surface area contributed by atoms with E-state index in [0.717, 1.165) is 5.56 Å². The van der Waals surface area contributed by atoms with Crippen LogP contribution < -0.4 is 0 Å². The number of rotatable bonds is 3. The zero-order valence-corrected chi connectivity index (χ0v) is 9.33. The fourth-order valence-electron chi connectivity index (χ4n) is 1.31. The molecular formula is C12H10O3S. The van der Waals surface area contributed by atoms with Crippen molar-refractivity contribution < 1.29 is 14.3 Å². The van der Waals surface area contributed by atoms with Gasteiger partial charge in [0.05, 0.1) is 4.91 Å². The maximum Gasteiger partial charge on any atom is 0.380 e. The molecule has 0 fully saturated rings. The van der Waals surface area contributed by atoms with Crippen LogP contribution in [0.15, 0.2) is 41.3 Å². The van der Waals surface area contributed by atoms with Crippen LogP contribution in [-0.4, -0.2) is 18.4 Å². The van der Waals surface area contributed by atoms with Crippen molar-refractivity contribution >= 4 is 23.5 Å². The Hall–Kier alpha value is -1.55. The number of Topliss-reactive ketones (excluding diaryl/α,β-unsaturated/α-hetero) is 1. The second-order valence-corrected chi connectivity index (χ2v) is 4.29. The SMILES string of the molecule is O=C1OCC=C(SCc2ccccc2)C1=O. The standard InChI is InChI=1S/C12H10O3S/c13-11-10(6-7-15-12(11)14)16-8-9-4-2-1-3-5-9/h1-6H,7-8H2. The number of ketones is 1. The summed E-state index contributed by atoms with van der Waals surface area (Å²) in [5.74, 6) is -0.601. The summed E-state index contributed by atoms with van der Waals surface area (Å²) in [6.07, 6.45) is 1.65. The molecule has 82 valence electrons. The third-order valence-corrected chi connectivity index (χ3v) is 3.27. The number of carbonyl (C=O) groups is 2. The summed E-state index contributed by atoms with van der Waals surface area (Å²) in [6.45, 7) is 0.196. The Morgan fingerprint density at radius 2 is 1.94 bits per heavy atom. The van der Waals surface area contributed by atoms with Gasteiger partial charge in [0.2, 0.25) is 0 Å². The number of hydrogen-bond donors (Lipinski definition) is 0. The first-order chi connectivity index (χ1) is 7.77. The summed E-state index contributed by atoms with van der Waals surface area (Å²) in [5, 5.41) is 0. The minimum Gasteiger partial charge on any atom is -0.455 e. The fraction of sp³-hybridized carbons (Fsp3) is 0.167. The molecule has 0 N–H and O–H groups in total. The molecule has 0 spiro atoms. The van der Waals surface area contributed by atoms with Gasteiger partial charge in [-0.2, -0.15) is 0 Å². The zero-order valence-electron chi connectivity index (χ0n) is 8.51. The maximum atomic E-state index is 11.4. The molecule has 0 saturated carbocycles. The van der Waals surface area contributed by atoms with Crippen LogP contribution in [0.1, 0.15) is 5.56 Å². The highest BCUT2D eigenvalue weighted by Crippen LogP contribution is 2.24. The van der Waals surface area contributed by atoms with Gasteiger partial charge in [0, 0.05) is 5.75 Å². The van der Waals surface area contributed by atoms with Gasteiger partial charge >= 0.3 is 5.97 Å². The first-order valence-electron chi connectivity index (χ1n) is 4.86. The number of thioether (sulfide) groups is 1. The van der Waals surface area contributed by atoms with E-state index in [1.165, 1.54) is 11.8 Å². The van der Waals surface area contributed by atoms with Crippen molar-refractivity contribution in [2.24, 2.45) is 0 Å². The molecule has 4 heteroatoms. The fourth-order valence-corrected chi connectivity index (χ4v) is 2.23. The number of esters is 1. The molecule has 0 saturated heterocycles. The lowest BCUT2D eigenvalue weighted by Gasteiger charge is -2.10. The Labute approximate surface area is 97.5 Å². The van der Waals surface area contributed by atoms with E-state index in [4.69, 9.17) is 0 Å². The van der Waals surface area contributed by atoms with E-state index >= 15 is 0 Å². The normalized spacial score (nSPS) is 15.6.